The maximum atomic E-state index is 12.3. The predicted octanol–water partition coefficient (Wildman–Crippen LogP) is 3.50. The quantitative estimate of drug-likeness (QED) is 0.453. The van der Waals surface area contributed by atoms with Gasteiger partial charge in [-0.25, -0.2) is 9.59 Å². The number of aliphatic carboxylic acids is 1. The maximum Gasteiger partial charge on any atom is 0.408 e. The molecule has 38 heavy (non-hydrogen) atoms. The molecule has 0 unspecified atom stereocenters. The predicted molar refractivity (Wildman–Crippen MR) is 138 cm³/mol. The molecule has 2 aromatic rings. The highest BCUT2D eigenvalue weighted by Gasteiger charge is 2.47. The van der Waals surface area contributed by atoms with Gasteiger partial charge in [-0.2, -0.15) is 0 Å². The van der Waals surface area contributed by atoms with Gasteiger partial charge in [0.1, 0.15) is 11.5 Å². The summed E-state index contributed by atoms with van der Waals surface area (Å²) in [6.45, 7) is 3.07. The number of carbonyl (C=O) groups is 3. The van der Waals surface area contributed by atoms with E-state index in [0.29, 0.717) is 43.1 Å². The smallest absolute Gasteiger partial charge is 0.408 e. The Morgan fingerprint density at radius 2 is 1.74 bits per heavy atom. The fourth-order valence-electron chi connectivity index (χ4n) is 5.11. The van der Waals surface area contributed by atoms with Gasteiger partial charge in [0.05, 0.1) is 44.6 Å². The Morgan fingerprint density at radius 3 is 2.39 bits per heavy atom. The van der Waals surface area contributed by atoms with Crippen LogP contribution in [-0.4, -0.2) is 83.5 Å². The number of carboxylic acid groups (broad SMARTS) is 2. The Labute approximate surface area is 221 Å². The first kappa shape index (κ1) is 27.0. The van der Waals surface area contributed by atoms with Crippen molar-refractivity contribution in [2.24, 2.45) is 0 Å². The lowest BCUT2D eigenvalue weighted by atomic mass is 9.82. The summed E-state index contributed by atoms with van der Waals surface area (Å²) in [4.78, 5) is 38.9. The molecule has 0 spiro atoms. The Hall–Kier alpha value is -4.05. The van der Waals surface area contributed by atoms with Gasteiger partial charge in [-0.3, -0.25) is 9.69 Å². The Morgan fingerprint density at radius 1 is 1.00 bits per heavy atom. The van der Waals surface area contributed by atoms with Gasteiger partial charge in [0, 0.05) is 32.0 Å². The molecule has 2 amide bonds. The van der Waals surface area contributed by atoms with Crippen molar-refractivity contribution in [2.75, 3.05) is 33.4 Å². The second-order valence-electron chi connectivity index (χ2n) is 9.28. The van der Waals surface area contributed by atoms with Crippen molar-refractivity contribution in [3.05, 3.63) is 65.2 Å². The molecule has 2 aliphatic heterocycles. The van der Waals surface area contributed by atoms with Crippen LogP contribution in [0.3, 0.4) is 0 Å². The molecule has 1 saturated heterocycles. The number of carbonyl (C=O) groups excluding carboxylic acids is 1. The number of hydrogen-bond acceptors (Lipinski definition) is 6. The summed E-state index contributed by atoms with van der Waals surface area (Å²) in [6, 6.07) is 13.4. The zero-order chi connectivity index (χ0) is 27.2. The summed E-state index contributed by atoms with van der Waals surface area (Å²) in [5, 5.41) is 19.8. The van der Waals surface area contributed by atoms with E-state index in [4.69, 9.17) is 14.2 Å². The molecule has 2 N–H and O–H groups in total. The summed E-state index contributed by atoms with van der Waals surface area (Å²) in [5.41, 5.74) is 2.28. The number of amides is 2. The summed E-state index contributed by atoms with van der Waals surface area (Å²) in [5.74, 6) is 0.0406. The van der Waals surface area contributed by atoms with Crippen LogP contribution in [0.2, 0.25) is 0 Å². The van der Waals surface area contributed by atoms with Crippen LogP contribution in [0.5, 0.6) is 11.5 Å². The fourth-order valence-corrected chi connectivity index (χ4v) is 5.11. The average molecular weight is 525 g/mol. The zero-order valence-corrected chi connectivity index (χ0v) is 21.5. The third-order valence-electron chi connectivity index (χ3n) is 6.90. The third-order valence-corrected chi connectivity index (χ3v) is 6.90. The zero-order valence-electron chi connectivity index (χ0n) is 21.5. The molecule has 2 aromatic carbocycles. The van der Waals surface area contributed by atoms with Gasteiger partial charge in [0.25, 0.3) is 0 Å². The monoisotopic (exact) mass is 524 g/mol. The molecule has 2 heterocycles. The van der Waals surface area contributed by atoms with E-state index in [2.05, 4.69) is 0 Å². The first-order valence-electron chi connectivity index (χ1n) is 12.5. The summed E-state index contributed by atoms with van der Waals surface area (Å²) >= 11 is 0. The van der Waals surface area contributed by atoms with Crippen molar-refractivity contribution in [3.63, 3.8) is 0 Å². The van der Waals surface area contributed by atoms with Crippen LogP contribution in [0.1, 0.15) is 30.9 Å². The normalized spacial score (nSPS) is 18.8. The van der Waals surface area contributed by atoms with Crippen LogP contribution < -0.4 is 9.47 Å². The number of rotatable bonds is 10. The maximum absolute atomic E-state index is 12.3. The van der Waals surface area contributed by atoms with E-state index in [1.165, 1.54) is 16.7 Å². The van der Waals surface area contributed by atoms with E-state index >= 15 is 0 Å². The van der Waals surface area contributed by atoms with E-state index in [1.807, 2.05) is 24.3 Å². The minimum atomic E-state index is -1.19. The van der Waals surface area contributed by atoms with Crippen molar-refractivity contribution in [1.82, 2.24) is 9.80 Å². The summed E-state index contributed by atoms with van der Waals surface area (Å²) in [6.07, 6.45) is -0.291. The van der Waals surface area contributed by atoms with Crippen LogP contribution in [-0.2, 0) is 20.9 Å². The second-order valence-corrected chi connectivity index (χ2v) is 9.28. The number of fused-ring (bicyclic) bond motifs is 2. The van der Waals surface area contributed by atoms with Gasteiger partial charge in [0.2, 0.25) is 5.91 Å². The molecule has 10 heteroatoms. The summed E-state index contributed by atoms with van der Waals surface area (Å²) in [7, 11) is 1.63. The van der Waals surface area contributed by atoms with Crippen LogP contribution in [0, 0.1) is 0 Å². The Bertz CT molecular complexity index is 1210. The van der Waals surface area contributed by atoms with Gasteiger partial charge in [-0.15, -0.1) is 0 Å². The Kier molecular flexibility index (Phi) is 8.52. The SMILES string of the molecule is COc1ccccc1COCCCOc1ccc(C2=C(C(=O)O)[C@H]3CN(C(C)=O)C[C@@H](C2)N3C(=O)O)cc1. The second kappa shape index (κ2) is 12.0. The molecule has 10 nitrogen and oxygen atoms in total. The number of benzene rings is 2. The van der Waals surface area contributed by atoms with E-state index in [-0.39, 0.29) is 31.0 Å². The van der Waals surface area contributed by atoms with Crippen molar-refractivity contribution >= 4 is 23.5 Å². The van der Waals surface area contributed by atoms with E-state index in [1.54, 1.807) is 31.4 Å². The highest BCUT2D eigenvalue weighted by Crippen LogP contribution is 2.39. The number of carboxylic acids is 1. The highest BCUT2D eigenvalue weighted by molar-refractivity contribution is 5.99. The molecule has 2 bridgehead atoms. The molecule has 4 rings (SSSR count). The van der Waals surface area contributed by atoms with Crippen molar-refractivity contribution in [1.29, 1.82) is 0 Å². The van der Waals surface area contributed by atoms with Gasteiger partial charge >= 0.3 is 12.1 Å². The van der Waals surface area contributed by atoms with E-state index < -0.39 is 24.1 Å². The lowest BCUT2D eigenvalue weighted by molar-refractivity contribution is -0.137. The molecule has 0 aromatic heterocycles. The van der Waals surface area contributed by atoms with Gasteiger partial charge in [-0.05, 0) is 35.8 Å². The fraction of sp³-hybridized carbons (Fsp3) is 0.393. The molecule has 1 fully saturated rings. The number of piperazine rings is 1. The topological polar surface area (TPSA) is 126 Å². The van der Waals surface area contributed by atoms with Gasteiger partial charge in [0.15, 0.2) is 0 Å². The van der Waals surface area contributed by atoms with E-state index in [0.717, 1.165) is 11.3 Å². The van der Waals surface area contributed by atoms with Crippen LogP contribution in [0.25, 0.3) is 5.57 Å². The van der Waals surface area contributed by atoms with Crippen molar-refractivity contribution in [3.8, 4) is 11.5 Å². The molecular formula is C28H32N2O8. The minimum Gasteiger partial charge on any atom is -0.496 e. The third kappa shape index (κ3) is 5.91. The number of hydrogen-bond donors (Lipinski definition) is 2. The van der Waals surface area contributed by atoms with Crippen molar-refractivity contribution in [2.45, 2.75) is 38.5 Å². The van der Waals surface area contributed by atoms with Crippen molar-refractivity contribution < 1.29 is 38.8 Å². The standard InChI is InChI=1S/C28H32N2O8/c1-18(31)29-15-21-14-23(26(27(32)33)24(16-29)30(21)28(34)35)19-8-10-22(11-9-19)38-13-5-12-37-17-20-6-3-4-7-25(20)36-2/h3-4,6-11,21,24H,5,12-17H2,1-2H3,(H,32,33)(H,34,35)/t21-,24-/m1/s1. The van der Waals surface area contributed by atoms with Crippen LogP contribution >= 0.6 is 0 Å². The minimum absolute atomic E-state index is 0.00969. The number of ether oxygens (including phenoxy) is 3. The van der Waals surface area contributed by atoms with Crippen LogP contribution in [0.4, 0.5) is 4.79 Å². The number of nitrogens with zero attached hydrogens (tertiary/aromatic N) is 2. The number of methoxy groups -OCH3 is 1. The lowest BCUT2D eigenvalue weighted by Crippen LogP contribution is -2.64. The lowest BCUT2D eigenvalue weighted by Gasteiger charge is -2.49. The molecule has 0 radical (unpaired) electrons. The van der Waals surface area contributed by atoms with Gasteiger partial charge < -0.3 is 29.3 Å². The largest absolute Gasteiger partial charge is 0.496 e. The molecule has 2 aliphatic rings. The molecule has 2 atom stereocenters. The Balaban J connectivity index is 1.38. The first-order valence-corrected chi connectivity index (χ1v) is 12.5. The number of para-hydroxylation sites is 1. The average Bonchev–Trinajstić information content (AvgIpc) is 2.89. The molecular weight excluding hydrogens is 492 g/mol. The molecule has 0 aliphatic carbocycles. The molecule has 202 valence electrons. The first-order chi connectivity index (χ1) is 18.3. The summed E-state index contributed by atoms with van der Waals surface area (Å²) < 4.78 is 16.9. The van der Waals surface area contributed by atoms with Gasteiger partial charge in [-0.1, -0.05) is 30.3 Å². The van der Waals surface area contributed by atoms with Crippen LogP contribution in [0.15, 0.2) is 54.1 Å². The molecule has 0 saturated carbocycles. The van der Waals surface area contributed by atoms with E-state index in [9.17, 15) is 24.6 Å². The highest BCUT2D eigenvalue weighted by atomic mass is 16.5.